The maximum atomic E-state index is 12.1. The molecule has 142 valence electrons. The van der Waals surface area contributed by atoms with Gasteiger partial charge >= 0.3 is 12.4 Å². The Kier molecular flexibility index (Phi) is 6.35. The minimum atomic E-state index is -4.81. The molecule has 0 bridgehead atoms. The molecule has 1 unspecified atom stereocenters. The minimum absolute atomic E-state index is 0.0553. The third-order valence-corrected chi connectivity index (χ3v) is 4.55. The van der Waals surface area contributed by atoms with Crippen molar-refractivity contribution >= 4 is 28.6 Å². The number of fused-ring (bicyclic) bond motifs is 1. The minimum Gasteiger partial charge on any atom is -0.324 e. The van der Waals surface area contributed by atoms with Crippen LogP contribution in [0.2, 0.25) is 0 Å². The van der Waals surface area contributed by atoms with Crippen molar-refractivity contribution in [3.63, 3.8) is 0 Å². The first-order valence-electron chi connectivity index (χ1n) is 7.40. The Hall–Kier alpha value is -1.19. The molecule has 0 aliphatic heterocycles. The van der Waals surface area contributed by atoms with E-state index in [1.165, 1.54) is 11.1 Å². The summed E-state index contributed by atoms with van der Waals surface area (Å²) in [5.41, 5.74) is 5.90. The van der Waals surface area contributed by atoms with Crippen LogP contribution in [0.3, 0.4) is 0 Å². The van der Waals surface area contributed by atoms with Crippen molar-refractivity contribution in [2.75, 3.05) is 0 Å². The highest BCUT2D eigenvalue weighted by atomic mass is 79.9. The van der Waals surface area contributed by atoms with Gasteiger partial charge < -0.3 is 5.73 Å². The first-order valence-corrected chi connectivity index (χ1v) is 8.64. The summed E-state index contributed by atoms with van der Waals surface area (Å²) < 4.78 is 74.0. The quantitative estimate of drug-likeness (QED) is 0.347. The molecule has 9 heteroatoms. The molecule has 1 nitrogen and oxygen atoms in total. The van der Waals surface area contributed by atoms with Gasteiger partial charge in [0.2, 0.25) is 0 Å². The van der Waals surface area contributed by atoms with Crippen LogP contribution in [0.4, 0.5) is 26.3 Å². The van der Waals surface area contributed by atoms with Crippen LogP contribution in [0, 0.1) is 0 Å². The molecular formula is C17H14BrF6NS. The lowest BCUT2D eigenvalue weighted by Gasteiger charge is -2.12. The normalized spacial score (nSPS) is 16.7. The molecule has 26 heavy (non-hydrogen) atoms. The van der Waals surface area contributed by atoms with Crippen LogP contribution in [0.15, 0.2) is 45.8 Å². The monoisotopic (exact) mass is 457 g/mol. The Balaban J connectivity index is 0.000000195. The van der Waals surface area contributed by atoms with Crippen LogP contribution in [0.1, 0.15) is 34.7 Å². The molecule has 1 aliphatic carbocycles. The number of hydrogen-bond acceptors (Lipinski definition) is 2. The Morgan fingerprint density at radius 3 is 1.96 bits per heavy atom. The van der Waals surface area contributed by atoms with Gasteiger partial charge in [0.15, 0.2) is 0 Å². The van der Waals surface area contributed by atoms with Crippen molar-refractivity contribution in [2.45, 2.75) is 36.1 Å². The molecule has 1 aliphatic rings. The summed E-state index contributed by atoms with van der Waals surface area (Å²) in [4.78, 5) is -0.378. The predicted molar refractivity (Wildman–Crippen MR) is 93.1 cm³/mol. The van der Waals surface area contributed by atoms with E-state index in [0.717, 1.165) is 17.3 Å². The Bertz CT molecular complexity index is 756. The molecule has 0 saturated heterocycles. The number of hydrogen-bond donors (Lipinski definition) is 2. The van der Waals surface area contributed by atoms with E-state index < -0.39 is 23.5 Å². The first-order chi connectivity index (χ1) is 11.9. The number of halogens is 7. The van der Waals surface area contributed by atoms with Gasteiger partial charge in [-0.05, 0) is 54.3 Å². The second-order valence-electron chi connectivity index (χ2n) is 5.75. The van der Waals surface area contributed by atoms with Gasteiger partial charge in [-0.25, -0.2) is 0 Å². The van der Waals surface area contributed by atoms with E-state index in [1.807, 2.05) is 0 Å². The van der Waals surface area contributed by atoms with E-state index in [9.17, 15) is 26.3 Å². The van der Waals surface area contributed by atoms with E-state index in [4.69, 9.17) is 5.73 Å². The maximum absolute atomic E-state index is 12.1. The zero-order chi connectivity index (χ0) is 19.7. The summed E-state index contributed by atoms with van der Waals surface area (Å²) in [5.74, 6) is 0. The van der Waals surface area contributed by atoms with Gasteiger partial charge in [-0.3, -0.25) is 0 Å². The molecule has 2 aromatic rings. The summed E-state index contributed by atoms with van der Waals surface area (Å²) >= 11 is 6.93. The molecule has 0 radical (unpaired) electrons. The molecule has 3 rings (SSSR count). The zero-order valence-electron chi connectivity index (χ0n) is 13.1. The fourth-order valence-electron chi connectivity index (χ4n) is 2.56. The van der Waals surface area contributed by atoms with Crippen molar-refractivity contribution in [3.05, 3.63) is 63.1 Å². The lowest BCUT2D eigenvalue weighted by molar-refractivity contribution is -0.143. The first kappa shape index (κ1) is 21.1. The lowest BCUT2D eigenvalue weighted by atomic mass is 10.1. The lowest BCUT2D eigenvalue weighted by Crippen LogP contribution is -2.10. The van der Waals surface area contributed by atoms with Crippen molar-refractivity contribution in [1.29, 1.82) is 0 Å². The molecule has 0 amide bonds. The smallest absolute Gasteiger partial charge is 0.324 e. The van der Waals surface area contributed by atoms with E-state index in [1.54, 1.807) is 0 Å². The van der Waals surface area contributed by atoms with Gasteiger partial charge in [-0.2, -0.15) is 26.3 Å². The average Bonchev–Trinajstić information content (AvgIpc) is 2.86. The molecule has 2 aromatic carbocycles. The summed E-state index contributed by atoms with van der Waals surface area (Å²) in [7, 11) is 0. The highest BCUT2D eigenvalue weighted by Crippen LogP contribution is 2.37. The van der Waals surface area contributed by atoms with Crippen LogP contribution < -0.4 is 5.73 Å². The average molecular weight is 458 g/mol. The molecule has 0 saturated carbocycles. The van der Waals surface area contributed by atoms with Crippen LogP contribution in [-0.2, 0) is 18.8 Å². The maximum Gasteiger partial charge on any atom is 0.416 e. The number of nitrogens with two attached hydrogens (primary N) is 1. The van der Waals surface area contributed by atoms with Gasteiger partial charge in [-0.15, -0.1) is 12.6 Å². The summed E-state index contributed by atoms with van der Waals surface area (Å²) in [5, 5.41) is 0. The Morgan fingerprint density at radius 2 is 1.46 bits per heavy atom. The molecule has 2 N–H and O–H groups in total. The van der Waals surface area contributed by atoms with Crippen molar-refractivity contribution in [3.8, 4) is 0 Å². The van der Waals surface area contributed by atoms with Crippen molar-refractivity contribution < 1.29 is 26.3 Å². The molecular weight excluding hydrogens is 444 g/mol. The van der Waals surface area contributed by atoms with Crippen molar-refractivity contribution in [1.82, 2.24) is 0 Å². The highest BCUT2D eigenvalue weighted by molar-refractivity contribution is 9.10. The van der Waals surface area contributed by atoms with E-state index in [-0.39, 0.29) is 17.0 Å². The third kappa shape index (κ3) is 5.40. The summed E-state index contributed by atoms with van der Waals surface area (Å²) in [6.45, 7) is 0. The van der Waals surface area contributed by atoms with Crippen LogP contribution >= 0.6 is 28.6 Å². The molecule has 0 fully saturated rings. The largest absolute Gasteiger partial charge is 0.416 e. The van der Waals surface area contributed by atoms with Crippen LogP contribution in [0.5, 0.6) is 0 Å². The number of rotatable bonds is 0. The zero-order valence-corrected chi connectivity index (χ0v) is 15.6. The number of aryl methyl sites for hydroxylation is 1. The van der Waals surface area contributed by atoms with E-state index >= 15 is 0 Å². The number of benzene rings is 2. The second-order valence-corrected chi connectivity index (χ2v) is 7.18. The van der Waals surface area contributed by atoms with Crippen molar-refractivity contribution in [2.24, 2.45) is 5.73 Å². The number of thiol groups is 1. The standard InChI is InChI=1S/C9H10BrN.C8H4F6S/c10-7-2-3-8-6(5-7)1-4-9(8)11;9-7(10,11)4-1-5(8(12,13)14)3-6(15)2-4/h2-3,5,9H,1,4,11H2;1-3,15H. The van der Waals surface area contributed by atoms with E-state index in [0.29, 0.717) is 12.1 Å². The Labute approximate surface area is 160 Å². The van der Waals surface area contributed by atoms with Gasteiger partial charge in [0.25, 0.3) is 0 Å². The van der Waals surface area contributed by atoms with Crippen LogP contribution in [-0.4, -0.2) is 0 Å². The second kappa shape index (κ2) is 7.82. The fraction of sp³-hybridized carbons (Fsp3) is 0.294. The van der Waals surface area contributed by atoms with Gasteiger partial charge in [0, 0.05) is 15.4 Å². The van der Waals surface area contributed by atoms with Gasteiger partial charge in [0.05, 0.1) is 11.1 Å². The van der Waals surface area contributed by atoms with E-state index in [2.05, 4.69) is 46.8 Å². The summed E-state index contributed by atoms with van der Waals surface area (Å²) in [6, 6.07) is 7.76. The number of alkyl halides is 6. The molecule has 0 spiro atoms. The fourth-order valence-corrected chi connectivity index (χ4v) is 3.24. The Morgan fingerprint density at radius 1 is 0.923 bits per heavy atom. The molecule has 0 aromatic heterocycles. The highest BCUT2D eigenvalue weighted by Gasteiger charge is 2.36. The van der Waals surface area contributed by atoms with Gasteiger partial charge in [-0.1, -0.05) is 22.0 Å². The third-order valence-electron chi connectivity index (χ3n) is 3.80. The SMILES string of the molecule is FC(F)(F)c1cc(S)cc(C(F)(F)F)c1.NC1CCc2cc(Br)ccc21. The molecule has 0 heterocycles. The molecule has 1 atom stereocenters. The van der Waals surface area contributed by atoms with Gasteiger partial charge in [0.1, 0.15) is 0 Å². The summed E-state index contributed by atoms with van der Waals surface area (Å²) in [6.07, 6.45) is -7.38. The topological polar surface area (TPSA) is 26.0 Å². The van der Waals surface area contributed by atoms with Crippen LogP contribution in [0.25, 0.3) is 0 Å². The predicted octanol–water partition coefficient (Wildman–Crippen LogP) is 6.41.